The smallest absolute Gasteiger partial charge is 0.230 e. The zero-order valence-corrected chi connectivity index (χ0v) is 12.4. The Balaban J connectivity index is 1.97. The number of benzene rings is 1. The highest BCUT2D eigenvalue weighted by atomic mass is 32.1. The van der Waals surface area contributed by atoms with Crippen LogP contribution in [0.5, 0.6) is 0 Å². The fourth-order valence-electron chi connectivity index (χ4n) is 1.80. The molecule has 3 N–H and O–H groups in total. The summed E-state index contributed by atoms with van der Waals surface area (Å²) in [5.74, 6) is -0.652. The highest BCUT2D eigenvalue weighted by Crippen LogP contribution is 2.10. The number of hydrogen-bond donors (Lipinski definition) is 2. The van der Waals surface area contributed by atoms with Gasteiger partial charge in [-0.1, -0.05) is 42.5 Å². The minimum absolute atomic E-state index is 0.158. The van der Waals surface area contributed by atoms with Crippen LogP contribution < -0.4 is 11.1 Å². The Kier molecular flexibility index (Phi) is 5.20. The predicted octanol–water partition coefficient (Wildman–Crippen LogP) is 1.90. The zero-order valence-electron chi connectivity index (χ0n) is 10.8. The van der Waals surface area contributed by atoms with Crippen LogP contribution in [0, 0.1) is 5.92 Å². The summed E-state index contributed by atoms with van der Waals surface area (Å²) in [6, 6.07) is 9.71. The van der Waals surface area contributed by atoms with Crippen molar-refractivity contribution in [1.82, 2.24) is 10.3 Å². The van der Waals surface area contributed by atoms with Crippen molar-refractivity contribution in [1.29, 1.82) is 0 Å². The normalized spacial score (nSPS) is 11.8. The highest BCUT2D eigenvalue weighted by molar-refractivity contribution is 7.80. The van der Waals surface area contributed by atoms with Crippen LogP contribution >= 0.6 is 23.6 Å². The van der Waals surface area contributed by atoms with Crippen LogP contribution in [0.25, 0.3) is 0 Å². The van der Waals surface area contributed by atoms with Gasteiger partial charge in [0.05, 0.1) is 28.7 Å². The van der Waals surface area contributed by atoms with Crippen LogP contribution in [0.4, 0.5) is 0 Å². The first-order chi connectivity index (χ1) is 9.66. The first kappa shape index (κ1) is 14.6. The van der Waals surface area contributed by atoms with Gasteiger partial charge in [0.2, 0.25) is 5.91 Å². The number of amides is 1. The molecule has 0 aliphatic rings. The number of carbonyl (C=O) groups excluding carboxylic acids is 1. The number of thiazole rings is 1. The second-order valence-electron chi connectivity index (χ2n) is 4.34. The number of nitrogens with zero attached hydrogens (tertiary/aromatic N) is 1. The number of aromatic nitrogens is 1. The molecule has 0 saturated carbocycles. The van der Waals surface area contributed by atoms with Crippen molar-refractivity contribution in [3.63, 3.8) is 0 Å². The van der Waals surface area contributed by atoms with E-state index in [4.69, 9.17) is 18.0 Å². The summed E-state index contributed by atoms with van der Waals surface area (Å²) in [6.45, 7) is 0.399. The largest absolute Gasteiger partial charge is 0.393 e. The zero-order chi connectivity index (χ0) is 14.4. The molecule has 4 nitrogen and oxygen atoms in total. The van der Waals surface area contributed by atoms with Crippen molar-refractivity contribution < 1.29 is 4.79 Å². The van der Waals surface area contributed by atoms with Gasteiger partial charge in [-0.15, -0.1) is 11.3 Å². The molecule has 1 heterocycles. The van der Waals surface area contributed by atoms with Gasteiger partial charge >= 0.3 is 0 Å². The molecule has 20 heavy (non-hydrogen) atoms. The van der Waals surface area contributed by atoms with Crippen molar-refractivity contribution in [2.75, 3.05) is 0 Å². The first-order valence-corrected chi connectivity index (χ1v) is 7.50. The molecule has 2 aromatic rings. The van der Waals surface area contributed by atoms with E-state index in [1.165, 1.54) is 11.3 Å². The molecule has 1 amide bonds. The van der Waals surface area contributed by atoms with E-state index in [-0.39, 0.29) is 10.9 Å². The van der Waals surface area contributed by atoms with E-state index in [1.54, 1.807) is 5.51 Å². The van der Waals surface area contributed by atoms with Crippen molar-refractivity contribution in [2.24, 2.45) is 11.7 Å². The minimum atomic E-state index is -0.494. The Morgan fingerprint density at radius 1 is 1.40 bits per heavy atom. The van der Waals surface area contributed by atoms with Crippen LogP contribution in [-0.4, -0.2) is 15.9 Å². The molecule has 104 valence electrons. The van der Waals surface area contributed by atoms with Gasteiger partial charge in [0.25, 0.3) is 0 Å². The summed E-state index contributed by atoms with van der Waals surface area (Å²) in [7, 11) is 0. The topological polar surface area (TPSA) is 68.0 Å². The number of thiocarbonyl (C=S) groups is 1. The number of nitrogens with two attached hydrogens (primary N) is 1. The number of rotatable bonds is 6. The molecule has 0 radical (unpaired) electrons. The lowest BCUT2D eigenvalue weighted by molar-refractivity contribution is -0.123. The number of nitrogens with one attached hydrogen (secondary N) is 1. The number of hydrogen-bond acceptors (Lipinski definition) is 4. The average Bonchev–Trinajstić information content (AvgIpc) is 2.96. The van der Waals surface area contributed by atoms with Crippen molar-refractivity contribution in [2.45, 2.75) is 13.0 Å². The van der Waals surface area contributed by atoms with E-state index in [2.05, 4.69) is 10.3 Å². The van der Waals surface area contributed by atoms with Gasteiger partial charge in [-0.05, 0) is 12.0 Å². The van der Waals surface area contributed by atoms with Gasteiger partial charge in [-0.3, -0.25) is 4.79 Å². The van der Waals surface area contributed by atoms with Gasteiger partial charge in [-0.25, -0.2) is 4.98 Å². The molecular weight excluding hydrogens is 290 g/mol. The van der Waals surface area contributed by atoms with Gasteiger partial charge in [-0.2, -0.15) is 0 Å². The minimum Gasteiger partial charge on any atom is -0.393 e. The Bertz CT molecular complexity index is 569. The number of carbonyl (C=O) groups is 1. The molecule has 0 saturated heterocycles. The summed E-state index contributed by atoms with van der Waals surface area (Å²) in [4.78, 5) is 16.5. The summed E-state index contributed by atoms with van der Waals surface area (Å²) in [5.41, 5.74) is 9.30. The molecule has 1 atom stereocenters. The lowest BCUT2D eigenvalue weighted by atomic mass is 9.98. The molecular formula is C14H15N3OS2. The van der Waals surface area contributed by atoms with Gasteiger partial charge < -0.3 is 11.1 Å². The molecule has 0 aliphatic heterocycles. The third kappa shape index (κ3) is 4.11. The Hall–Kier alpha value is -1.79. The van der Waals surface area contributed by atoms with Crippen LogP contribution in [0.2, 0.25) is 0 Å². The van der Waals surface area contributed by atoms with Crippen LogP contribution in [0.1, 0.15) is 11.3 Å². The van der Waals surface area contributed by atoms with E-state index >= 15 is 0 Å². The molecule has 0 bridgehead atoms. The molecule has 0 spiro atoms. The second kappa shape index (κ2) is 7.12. The van der Waals surface area contributed by atoms with Gasteiger partial charge in [0.1, 0.15) is 0 Å². The summed E-state index contributed by atoms with van der Waals surface area (Å²) >= 11 is 6.51. The molecule has 6 heteroatoms. The van der Waals surface area contributed by atoms with E-state index in [0.29, 0.717) is 13.0 Å². The third-order valence-corrected chi connectivity index (χ3v) is 3.79. The van der Waals surface area contributed by atoms with E-state index in [1.807, 2.05) is 35.7 Å². The molecule has 1 unspecified atom stereocenters. The van der Waals surface area contributed by atoms with Gasteiger partial charge in [0.15, 0.2) is 0 Å². The fourth-order valence-corrected chi connectivity index (χ4v) is 2.55. The standard InChI is InChI=1S/C14H15N3OS2/c15-13(19)12(6-10-4-2-1-3-5-10)14(18)16-7-11-8-20-9-17-11/h1-5,8-9,12H,6-7H2,(H2,15,19)(H,16,18). The van der Waals surface area contributed by atoms with Crippen molar-refractivity contribution >= 4 is 34.5 Å². The Labute approximate surface area is 127 Å². The van der Waals surface area contributed by atoms with E-state index in [0.717, 1.165) is 11.3 Å². The van der Waals surface area contributed by atoms with Crippen molar-refractivity contribution in [3.05, 3.63) is 52.5 Å². The fraction of sp³-hybridized carbons (Fsp3) is 0.214. The third-order valence-electron chi connectivity index (χ3n) is 2.87. The Morgan fingerprint density at radius 2 is 2.15 bits per heavy atom. The average molecular weight is 305 g/mol. The summed E-state index contributed by atoms with van der Waals surface area (Å²) < 4.78 is 0. The quantitative estimate of drug-likeness (QED) is 0.800. The molecule has 2 rings (SSSR count). The van der Waals surface area contributed by atoms with E-state index < -0.39 is 5.92 Å². The highest BCUT2D eigenvalue weighted by Gasteiger charge is 2.21. The van der Waals surface area contributed by atoms with Crippen LogP contribution in [0.15, 0.2) is 41.2 Å². The summed E-state index contributed by atoms with van der Waals surface area (Å²) in [6.07, 6.45) is 0.513. The van der Waals surface area contributed by atoms with Crippen LogP contribution in [-0.2, 0) is 17.8 Å². The van der Waals surface area contributed by atoms with Crippen LogP contribution in [0.3, 0.4) is 0 Å². The second-order valence-corrected chi connectivity index (χ2v) is 5.53. The first-order valence-electron chi connectivity index (χ1n) is 6.15. The predicted molar refractivity (Wildman–Crippen MR) is 84.4 cm³/mol. The molecule has 0 aliphatic carbocycles. The summed E-state index contributed by atoms with van der Waals surface area (Å²) in [5, 5.41) is 4.72. The molecule has 0 fully saturated rings. The van der Waals surface area contributed by atoms with Crippen molar-refractivity contribution in [3.8, 4) is 0 Å². The lowest BCUT2D eigenvalue weighted by Gasteiger charge is -2.15. The lowest BCUT2D eigenvalue weighted by Crippen LogP contribution is -2.38. The van der Waals surface area contributed by atoms with E-state index in [9.17, 15) is 4.79 Å². The molecule has 1 aromatic heterocycles. The SMILES string of the molecule is NC(=S)C(Cc1ccccc1)C(=O)NCc1cscn1. The van der Waals surface area contributed by atoms with Gasteiger partial charge in [0, 0.05) is 5.38 Å². The molecule has 1 aromatic carbocycles. The maximum absolute atomic E-state index is 12.2. The maximum Gasteiger partial charge on any atom is 0.230 e. The monoisotopic (exact) mass is 305 g/mol. The Morgan fingerprint density at radius 3 is 2.75 bits per heavy atom. The maximum atomic E-state index is 12.2.